The van der Waals surface area contributed by atoms with Crippen molar-refractivity contribution in [3.8, 4) is 11.1 Å². The van der Waals surface area contributed by atoms with Crippen molar-refractivity contribution in [3.63, 3.8) is 0 Å². The van der Waals surface area contributed by atoms with Gasteiger partial charge in [-0.25, -0.2) is 0 Å². The van der Waals surface area contributed by atoms with Crippen LogP contribution in [0.3, 0.4) is 0 Å². The van der Waals surface area contributed by atoms with Crippen molar-refractivity contribution in [1.29, 1.82) is 0 Å². The molecule has 0 bridgehead atoms. The second-order valence-corrected chi connectivity index (χ2v) is 6.88. The van der Waals surface area contributed by atoms with Gasteiger partial charge in [0, 0.05) is 13.2 Å². The molecule has 4 rings (SSSR count). The monoisotopic (exact) mass is 322 g/mol. The third kappa shape index (κ3) is 3.26. The van der Waals surface area contributed by atoms with E-state index in [2.05, 4.69) is 48.5 Å². The van der Waals surface area contributed by atoms with Gasteiger partial charge in [-0.3, -0.25) is 0 Å². The fourth-order valence-corrected chi connectivity index (χ4v) is 4.05. The summed E-state index contributed by atoms with van der Waals surface area (Å²) in [7, 11) is 0. The van der Waals surface area contributed by atoms with E-state index in [1.165, 1.54) is 47.9 Å². The van der Waals surface area contributed by atoms with Crippen LogP contribution in [0.4, 0.5) is 0 Å². The highest BCUT2D eigenvalue weighted by Gasteiger charge is 2.27. The average molecular weight is 322 g/mol. The summed E-state index contributed by atoms with van der Waals surface area (Å²) >= 11 is 0. The van der Waals surface area contributed by atoms with Crippen molar-refractivity contribution < 1.29 is 9.47 Å². The number of ether oxygens (including phenoxy) is 2. The molecular formula is C22H26O2. The predicted molar refractivity (Wildman–Crippen MR) is 97.0 cm³/mol. The molecule has 2 atom stereocenters. The normalized spacial score (nSPS) is 24.7. The first-order valence-corrected chi connectivity index (χ1v) is 9.35. The van der Waals surface area contributed by atoms with Gasteiger partial charge in [0.25, 0.3) is 0 Å². The van der Waals surface area contributed by atoms with E-state index in [1.807, 2.05) is 0 Å². The van der Waals surface area contributed by atoms with Crippen LogP contribution in [0.15, 0.2) is 48.5 Å². The Hall–Kier alpha value is -1.64. The van der Waals surface area contributed by atoms with Crippen molar-refractivity contribution >= 4 is 0 Å². The summed E-state index contributed by atoms with van der Waals surface area (Å²) in [4.78, 5) is 0. The van der Waals surface area contributed by atoms with Crippen LogP contribution in [-0.2, 0) is 9.47 Å². The zero-order chi connectivity index (χ0) is 16.2. The zero-order valence-corrected chi connectivity index (χ0v) is 14.2. The van der Waals surface area contributed by atoms with E-state index in [4.69, 9.17) is 9.47 Å². The Balaban J connectivity index is 1.80. The van der Waals surface area contributed by atoms with Crippen molar-refractivity contribution in [3.05, 3.63) is 59.7 Å². The van der Waals surface area contributed by atoms with Crippen LogP contribution >= 0.6 is 0 Å². The van der Waals surface area contributed by atoms with E-state index in [0.717, 1.165) is 26.1 Å². The van der Waals surface area contributed by atoms with E-state index in [9.17, 15) is 0 Å². The molecule has 0 saturated carbocycles. The molecule has 126 valence electrons. The maximum atomic E-state index is 6.20. The van der Waals surface area contributed by atoms with Crippen molar-refractivity contribution in [2.75, 3.05) is 13.2 Å². The minimum Gasteiger partial charge on any atom is -0.374 e. The lowest BCUT2D eigenvalue weighted by Crippen LogP contribution is -2.19. The van der Waals surface area contributed by atoms with Gasteiger partial charge in [-0.15, -0.1) is 0 Å². The number of hydrogen-bond acceptors (Lipinski definition) is 2. The van der Waals surface area contributed by atoms with Gasteiger partial charge in [0.15, 0.2) is 0 Å². The second-order valence-electron chi connectivity index (χ2n) is 6.88. The molecule has 2 nitrogen and oxygen atoms in total. The maximum Gasteiger partial charge on any atom is 0.0834 e. The Morgan fingerprint density at radius 3 is 2.04 bits per heavy atom. The van der Waals surface area contributed by atoms with Crippen LogP contribution in [0.2, 0.25) is 0 Å². The standard InChI is InChI=1S/C22H26O2/c1-2-9-17(10-3-1)18-11-8-12-19(20-13-4-6-15-23-20)22(18)21-14-5-7-16-24-21/h1-3,8-12,20-21H,4-7,13-16H2. The molecule has 2 fully saturated rings. The lowest BCUT2D eigenvalue weighted by molar-refractivity contribution is -0.000254. The number of hydrogen-bond donors (Lipinski definition) is 0. The van der Waals surface area contributed by atoms with E-state index < -0.39 is 0 Å². The first kappa shape index (κ1) is 15.9. The molecule has 2 heterocycles. The van der Waals surface area contributed by atoms with Gasteiger partial charge < -0.3 is 9.47 Å². The van der Waals surface area contributed by atoms with Crippen LogP contribution in [0, 0.1) is 0 Å². The average Bonchev–Trinajstić information content (AvgIpc) is 2.69. The fraction of sp³-hybridized carbons (Fsp3) is 0.455. The Labute approximate surface area is 144 Å². The van der Waals surface area contributed by atoms with Crippen molar-refractivity contribution in [2.24, 2.45) is 0 Å². The van der Waals surface area contributed by atoms with Crippen molar-refractivity contribution in [2.45, 2.75) is 50.7 Å². The molecule has 2 aliphatic rings. The van der Waals surface area contributed by atoms with E-state index in [-0.39, 0.29) is 12.2 Å². The van der Waals surface area contributed by atoms with Gasteiger partial charge in [-0.05, 0) is 60.8 Å². The molecule has 2 heteroatoms. The summed E-state index contributed by atoms with van der Waals surface area (Å²) in [6.07, 6.45) is 7.54. The minimum absolute atomic E-state index is 0.204. The Morgan fingerprint density at radius 2 is 1.38 bits per heavy atom. The van der Waals surface area contributed by atoms with E-state index >= 15 is 0 Å². The van der Waals surface area contributed by atoms with Gasteiger partial charge in [0.05, 0.1) is 12.2 Å². The molecule has 2 aromatic rings. The Kier molecular flexibility index (Phi) is 4.96. The predicted octanol–water partition coefficient (Wildman–Crippen LogP) is 5.84. The lowest BCUT2D eigenvalue weighted by atomic mass is 9.85. The molecule has 2 unspecified atom stereocenters. The molecule has 2 aliphatic heterocycles. The summed E-state index contributed by atoms with van der Waals surface area (Å²) in [6, 6.07) is 17.4. The third-order valence-electron chi connectivity index (χ3n) is 5.25. The van der Waals surface area contributed by atoms with Gasteiger partial charge in [-0.2, -0.15) is 0 Å². The van der Waals surface area contributed by atoms with Crippen LogP contribution in [0.5, 0.6) is 0 Å². The van der Waals surface area contributed by atoms with Crippen LogP contribution < -0.4 is 0 Å². The lowest BCUT2D eigenvalue weighted by Gasteiger charge is -2.31. The van der Waals surface area contributed by atoms with Crippen LogP contribution in [0.1, 0.15) is 61.9 Å². The molecule has 2 aromatic carbocycles. The first-order valence-electron chi connectivity index (χ1n) is 9.35. The highest BCUT2D eigenvalue weighted by Crippen LogP contribution is 2.42. The maximum absolute atomic E-state index is 6.20. The van der Waals surface area contributed by atoms with Crippen molar-refractivity contribution in [1.82, 2.24) is 0 Å². The van der Waals surface area contributed by atoms with Gasteiger partial charge in [0.2, 0.25) is 0 Å². The molecule has 0 aliphatic carbocycles. The summed E-state index contributed by atoms with van der Waals surface area (Å²) in [6.45, 7) is 1.75. The van der Waals surface area contributed by atoms with Gasteiger partial charge >= 0.3 is 0 Å². The van der Waals surface area contributed by atoms with Gasteiger partial charge in [-0.1, -0.05) is 48.5 Å². The smallest absolute Gasteiger partial charge is 0.0834 e. The molecule has 2 saturated heterocycles. The summed E-state index contributed by atoms with van der Waals surface area (Å²) < 4.78 is 12.3. The van der Waals surface area contributed by atoms with Crippen LogP contribution in [0.25, 0.3) is 11.1 Å². The second kappa shape index (κ2) is 7.50. The SMILES string of the molecule is c1ccc(-c2cccc(C3CCCCO3)c2C2CCCCO2)cc1. The summed E-state index contributed by atoms with van der Waals surface area (Å²) in [5, 5.41) is 0. The molecular weight excluding hydrogens is 296 g/mol. The molecule has 0 amide bonds. The topological polar surface area (TPSA) is 18.5 Å². The summed E-state index contributed by atoms with van der Waals surface area (Å²) in [5.74, 6) is 0. The fourth-order valence-electron chi connectivity index (χ4n) is 4.05. The Morgan fingerprint density at radius 1 is 0.667 bits per heavy atom. The van der Waals surface area contributed by atoms with Gasteiger partial charge in [0.1, 0.15) is 0 Å². The molecule has 0 radical (unpaired) electrons. The van der Waals surface area contributed by atoms with E-state index in [0.29, 0.717) is 0 Å². The molecule has 24 heavy (non-hydrogen) atoms. The zero-order valence-electron chi connectivity index (χ0n) is 14.2. The quantitative estimate of drug-likeness (QED) is 0.707. The largest absolute Gasteiger partial charge is 0.374 e. The third-order valence-corrected chi connectivity index (χ3v) is 5.25. The first-order chi connectivity index (χ1) is 11.9. The molecule has 0 spiro atoms. The Bertz CT molecular complexity index is 653. The number of benzene rings is 2. The molecule has 0 N–H and O–H groups in total. The van der Waals surface area contributed by atoms with E-state index in [1.54, 1.807) is 0 Å². The molecule has 0 aromatic heterocycles. The summed E-state index contributed by atoms with van der Waals surface area (Å²) in [5.41, 5.74) is 5.31. The van der Waals surface area contributed by atoms with Crippen LogP contribution in [-0.4, -0.2) is 13.2 Å². The highest BCUT2D eigenvalue weighted by atomic mass is 16.5. The number of rotatable bonds is 3. The minimum atomic E-state index is 0.204. The highest BCUT2D eigenvalue weighted by molar-refractivity contribution is 5.69.